The fraction of sp³-hybridized carbons (Fsp3) is 0.161. The van der Waals surface area contributed by atoms with Crippen molar-refractivity contribution in [3.8, 4) is 0 Å². The Morgan fingerprint density at radius 2 is 1.08 bits per heavy atom. The van der Waals surface area contributed by atoms with Gasteiger partial charge in [0.25, 0.3) is 0 Å². The second-order valence-corrected chi connectivity index (χ2v) is 11.7. The predicted octanol–water partition coefficient (Wildman–Crippen LogP) is 5.90. The first-order valence-corrected chi connectivity index (χ1v) is 14.5. The van der Waals surface area contributed by atoms with Gasteiger partial charge in [0, 0.05) is 0 Å². The standard InChI is InChI=1S/C31H28NO5P/c33-28-22-38(35,37-30(25-17-9-3-10-18-25)26-19-11-4-12-20-26)21-27(32-28)31(34)36-29(23-13-5-1-6-14-23)24-15-7-2-8-16-24/h1-20,27,29-30H,21-22H2,(H,32,33)/t27-,38?/m0/s1. The predicted molar refractivity (Wildman–Crippen MR) is 146 cm³/mol. The summed E-state index contributed by atoms with van der Waals surface area (Å²) in [5.41, 5.74) is 3.21. The van der Waals surface area contributed by atoms with E-state index in [4.69, 9.17) is 9.26 Å². The van der Waals surface area contributed by atoms with Crippen LogP contribution in [-0.2, 0) is 23.4 Å². The summed E-state index contributed by atoms with van der Waals surface area (Å²) in [6.07, 6.45) is -1.77. The summed E-state index contributed by atoms with van der Waals surface area (Å²) in [6.45, 7) is 0. The van der Waals surface area contributed by atoms with Crippen molar-refractivity contribution in [2.75, 3.05) is 12.3 Å². The smallest absolute Gasteiger partial charge is 0.330 e. The molecule has 1 aliphatic heterocycles. The Morgan fingerprint density at radius 1 is 0.684 bits per heavy atom. The molecule has 1 amide bonds. The van der Waals surface area contributed by atoms with Gasteiger partial charge < -0.3 is 14.6 Å². The van der Waals surface area contributed by atoms with Crippen LogP contribution in [0.2, 0.25) is 0 Å². The van der Waals surface area contributed by atoms with Crippen molar-refractivity contribution in [1.29, 1.82) is 0 Å². The second-order valence-electron chi connectivity index (χ2n) is 9.22. The fourth-order valence-electron chi connectivity index (χ4n) is 4.61. The van der Waals surface area contributed by atoms with Crippen molar-refractivity contribution in [2.24, 2.45) is 0 Å². The van der Waals surface area contributed by atoms with E-state index in [0.29, 0.717) is 0 Å². The van der Waals surface area contributed by atoms with Gasteiger partial charge in [-0.3, -0.25) is 9.36 Å². The number of benzene rings is 4. The van der Waals surface area contributed by atoms with E-state index in [2.05, 4.69) is 5.32 Å². The first-order valence-electron chi connectivity index (χ1n) is 12.5. The summed E-state index contributed by atoms with van der Waals surface area (Å²) in [5, 5.41) is 2.67. The normalized spacial score (nSPS) is 19.2. The molecule has 0 saturated carbocycles. The highest BCUT2D eigenvalue weighted by atomic mass is 31.2. The van der Waals surface area contributed by atoms with Crippen LogP contribution in [0.15, 0.2) is 121 Å². The van der Waals surface area contributed by atoms with E-state index < -0.39 is 37.5 Å². The zero-order valence-electron chi connectivity index (χ0n) is 20.7. The van der Waals surface area contributed by atoms with Crippen molar-refractivity contribution in [1.82, 2.24) is 5.32 Å². The second kappa shape index (κ2) is 11.6. The van der Waals surface area contributed by atoms with Crippen LogP contribution in [0.3, 0.4) is 0 Å². The van der Waals surface area contributed by atoms with Gasteiger partial charge in [0.2, 0.25) is 13.3 Å². The minimum atomic E-state index is -3.57. The highest BCUT2D eigenvalue weighted by Crippen LogP contribution is 2.54. The van der Waals surface area contributed by atoms with Crippen LogP contribution in [0.4, 0.5) is 0 Å². The van der Waals surface area contributed by atoms with E-state index in [9.17, 15) is 14.2 Å². The molecule has 0 aromatic heterocycles. The van der Waals surface area contributed by atoms with Gasteiger partial charge >= 0.3 is 5.97 Å². The Labute approximate surface area is 222 Å². The largest absolute Gasteiger partial charge is 0.451 e. The monoisotopic (exact) mass is 525 g/mol. The molecule has 2 atom stereocenters. The Hall–Kier alpha value is -3.99. The van der Waals surface area contributed by atoms with Gasteiger partial charge in [-0.15, -0.1) is 0 Å². The molecule has 7 heteroatoms. The molecule has 1 saturated heterocycles. The molecule has 1 aliphatic rings. The molecule has 6 nitrogen and oxygen atoms in total. The minimum absolute atomic E-state index is 0.149. The average Bonchev–Trinajstić information content (AvgIpc) is 2.96. The average molecular weight is 526 g/mol. The molecule has 38 heavy (non-hydrogen) atoms. The topological polar surface area (TPSA) is 81.7 Å². The number of esters is 1. The number of amides is 1. The van der Waals surface area contributed by atoms with Crippen LogP contribution in [0, 0.1) is 0 Å². The van der Waals surface area contributed by atoms with Crippen LogP contribution in [-0.4, -0.2) is 30.2 Å². The molecule has 1 N–H and O–H groups in total. The lowest BCUT2D eigenvalue weighted by molar-refractivity contribution is -0.151. The molecule has 0 aliphatic carbocycles. The number of rotatable bonds is 8. The van der Waals surface area contributed by atoms with Crippen molar-refractivity contribution >= 4 is 19.2 Å². The Balaban J connectivity index is 1.39. The summed E-state index contributed by atoms with van der Waals surface area (Å²) in [6, 6.07) is 36.6. The van der Waals surface area contributed by atoms with Crippen LogP contribution < -0.4 is 5.32 Å². The number of hydrogen-bond donors (Lipinski definition) is 1. The summed E-state index contributed by atoms with van der Waals surface area (Å²) < 4.78 is 26.3. The van der Waals surface area contributed by atoms with Gasteiger partial charge in [0.1, 0.15) is 18.3 Å². The molecule has 0 spiro atoms. The maximum atomic E-state index is 14.1. The molecule has 1 fully saturated rings. The van der Waals surface area contributed by atoms with Gasteiger partial charge in [-0.1, -0.05) is 121 Å². The third-order valence-electron chi connectivity index (χ3n) is 6.41. The third-order valence-corrected chi connectivity index (χ3v) is 8.69. The van der Waals surface area contributed by atoms with E-state index in [1.54, 1.807) is 0 Å². The summed E-state index contributed by atoms with van der Waals surface area (Å²) in [4.78, 5) is 26.1. The molecule has 1 heterocycles. The number of carbonyl (C=O) groups excluding carboxylic acids is 2. The van der Waals surface area contributed by atoms with Crippen molar-refractivity contribution in [2.45, 2.75) is 18.2 Å². The molecular weight excluding hydrogens is 497 g/mol. The van der Waals surface area contributed by atoms with Crippen molar-refractivity contribution < 1.29 is 23.4 Å². The van der Waals surface area contributed by atoms with Gasteiger partial charge in [0.05, 0.1) is 6.16 Å². The molecule has 4 aromatic carbocycles. The molecular formula is C31H28NO5P. The minimum Gasteiger partial charge on any atom is -0.451 e. The summed E-state index contributed by atoms with van der Waals surface area (Å²) in [7, 11) is -3.57. The van der Waals surface area contributed by atoms with Crippen LogP contribution >= 0.6 is 7.37 Å². The highest BCUT2D eigenvalue weighted by molar-refractivity contribution is 7.60. The summed E-state index contributed by atoms with van der Waals surface area (Å²) >= 11 is 0. The molecule has 192 valence electrons. The lowest BCUT2D eigenvalue weighted by Gasteiger charge is -2.32. The SMILES string of the molecule is O=C1CP(=O)(OC(c2ccccc2)c2ccccc2)C[C@@H](C(=O)OC(c2ccccc2)c2ccccc2)N1. The first kappa shape index (κ1) is 25.7. The van der Waals surface area contributed by atoms with Gasteiger partial charge in [-0.2, -0.15) is 0 Å². The van der Waals surface area contributed by atoms with E-state index in [-0.39, 0.29) is 12.3 Å². The van der Waals surface area contributed by atoms with Crippen molar-refractivity contribution in [3.05, 3.63) is 144 Å². The number of nitrogens with one attached hydrogen (secondary N) is 1. The van der Waals surface area contributed by atoms with Gasteiger partial charge in [0.15, 0.2) is 6.10 Å². The maximum absolute atomic E-state index is 14.1. The van der Waals surface area contributed by atoms with E-state index in [1.807, 2.05) is 121 Å². The molecule has 0 radical (unpaired) electrons. The van der Waals surface area contributed by atoms with Gasteiger partial charge in [-0.05, 0) is 22.3 Å². The van der Waals surface area contributed by atoms with Crippen LogP contribution in [0.5, 0.6) is 0 Å². The Kier molecular flexibility index (Phi) is 7.83. The fourth-order valence-corrected chi connectivity index (χ4v) is 6.85. The first-order chi connectivity index (χ1) is 18.5. The number of hydrogen-bond acceptors (Lipinski definition) is 5. The van der Waals surface area contributed by atoms with Gasteiger partial charge in [-0.25, -0.2) is 4.79 Å². The van der Waals surface area contributed by atoms with E-state index >= 15 is 0 Å². The number of carbonyl (C=O) groups is 2. The van der Waals surface area contributed by atoms with Crippen molar-refractivity contribution in [3.63, 3.8) is 0 Å². The maximum Gasteiger partial charge on any atom is 0.330 e. The quantitative estimate of drug-likeness (QED) is 0.229. The highest BCUT2D eigenvalue weighted by Gasteiger charge is 2.43. The Morgan fingerprint density at radius 3 is 1.50 bits per heavy atom. The third kappa shape index (κ3) is 6.10. The lowest BCUT2D eigenvalue weighted by Crippen LogP contribution is -2.50. The molecule has 1 unspecified atom stereocenters. The Bertz CT molecular complexity index is 1340. The van der Waals surface area contributed by atoms with E-state index in [1.165, 1.54) is 0 Å². The van der Waals surface area contributed by atoms with E-state index in [0.717, 1.165) is 22.3 Å². The number of ether oxygens (including phenoxy) is 1. The zero-order valence-corrected chi connectivity index (χ0v) is 21.6. The molecule has 0 bridgehead atoms. The lowest BCUT2D eigenvalue weighted by atomic mass is 10.0. The van der Waals surface area contributed by atoms with Crippen LogP contribution in [0.25, 0.3) is 0 Å². The van der Waals surface area contributed by atoms with Crippen LogP contribution in [0.1, 0.15) is 34.5 Å². The zero-order chi connectivity index (χ0) is 26.4. The molecule has 5 rings (SSSR count). The summed E-state index contributed by atoms with van der Waals surface area (Å²) in [5.74, 6) is -1.16. The molecule has 4 aromatic rings.